The topological polar surface area (TPSA) is 50.2 Å². The predicted octanol–water partition coefficient (Wildman–Crippen LogP) is 2.42. The molecule has 0 saturated heterocycles. The van der Waals surface area contributed by atoms with Crippen molar-refractivity contribution in [1.29, 1.82) is 0 Å². The Labute approximate surface area is 126 Å². The van der Waals surface area contributed by atoms with Crippen molar-refractivity contribution in [3.8, 4) is 0 Å². The largest absolute Gasteiger partial charge is 0.373 e. The molecule has 0 saturated carbocycles. The minimum absolute atomic E-state index is 0.0569. The van der Waals surface area contributed by atoms with E-state index in [-0.39, 0.29) is 11.4 Å². The van der Waals surface area contributed by atoms with Crippen LogP contribution < -0.4 is 10.2 Å². The molecule has 2 aromatic rings. The van der Waals surface area contributed by atoms with Crippen LogP contribution in [-0.4, -0.2) is 29.8 Å². The fourth-order valence-electron chi connectivity index (χ4n) is 1.95. The van der Waals surface area contributed by atoms with Gasteiger partial charge < -0.3 is 10.2 Å². The van der Waals surface area contributed by atoms with Gasteiger partial charge in [-0.2, -0.15) is 5.10 Å². The second-order valence-corrected chi connectivity index (χ2v) is 4.95. The van der Waals surface area contributed by atoms with Crippen molar-refractivity contribution in [3.63, 3.8) is 0 Å². The zero-order valence-corrected chi connectivity index (χ0v) is 12.5. The molecule has 1 aromatic carbocycles. The van der Waals surface area contributed by atoms with Crippen LogP contribution >= 0.6 is 0 Å². The van der Waals surface area contributed by atoms with Gasteiger partial charge in [0, 0.05) is 44.7 Å². The molecule has 0 aliphatic rings. The number of carbonyl (C=O) groups excluding carboxylic acids is 1. The van der Waals surface area contributed by atoms with Gasteiger partial charge in [-0.3, -0.25) is 9.48 Å². The smallest absolute Gasteiger partial charge is 0.248 e. The number of hydrogen-bond donors (Lipinski definition) is 1. The van der Waals surface area contributed by atoms with Crippen molar-refractivity contribution < 1.29 is 13.6 Å². The molecule has 0 spiro atoms. The predicted molar refractivity (Wildman–Crippen MR) is 81.6 cm³/mol. The lowest BCUT2D eigenvalue weighted by Crippen LogP contribution is -2.14. The maximum atomic E-state index is 13.8. The summed E-state index contributed by atoms with van der Waals surface area (Å²) in [5.74, 6) is -1.96. The minimum atomic E-state index is -0.739. The summed E-state index contributed by atoms with van der Waals surface area (Å²) in [7, 11) is 4.84. The Morgan fingerprint density at radius 1 is 1.32 bits per heavy atom. The average Bonchev–Trinajstić information content (AvgIpc) is 2.81. The fraction of sp³-hybridized carbons (Fsp3) is 0.200. The first kappa shape index (κ1) is 15.7. The van der Waals surface area contributed by atoms with Crippen LogP contribution in [0.15, 0.2) is 30.6 Å². The van der Waals surface area contributed by atoms with Crippen molar-refractivity contribution in [1.82, 2.24) is 9.78 Å². The summed E-state index contributed by atoms with van der Waals surface area (Å²) in [5.41, 5.74) is 0.656. The Balaban J connectivity index is 2.10. The van der Waals surface area contributed by atoms with E-state index >= 15 is 0 Å². The minimum Gasteiger partial charge on any atom is -0.373 e. The van der Waals surface area contributed by atoms with Gasteiger partial charge in [-0.25, -0.2) is 8.78 Å². The van der Waals surface area contributed by atoms with Gasteiger partial charge in [0.2, 0.25) is 5.91 Å². The first-order valence-electron chi connectivity index (χ1n) is 6.51. The van der Waals surface area contributed by atoms with Crippen LogP contribution in [0.25, 0.3) is 6.08 Å². The Morgan fingerprint density at radius 3 is 2.45 bits per heavy atom. The zero-order valence-electron chi connectivity index (χ0n) is 12.5. The number of rotatable bonds is 4. The fourth-order valence-corrected chi connectivity index (χ4v) is 1.95. The van der Waals surface area contributed by atoms with Gasteiger partial charge in [-0.15, -0.1) is 0 Å². The van der Waals surface area contributed by atoms with E-state index in [0.29, 0.717) is 0 Å². The number of anilines is 2. The molecule has 0 atom stereocenters. The maximum Gasteiger partial charge on any atom is 0.248 e. The van der Waals surface area contributed by atoms with Gasteiger partial charge in [-0.1, -0.05) is 0 Å². The van der Waals surface area contributed by atoms with Crippen LogP contribution in [0.4, 0.5) is 20.2 Å². The SMILES string of the molecule is CN(C)c1c(F)cc(NC(=O)C=Cc2cnn(C)c2)cc1F. The number of hydrogen-bond acceptors (Lipinski definition) is 3. The molecule has 0 aliphatic carbocycles. The molecule has 0 bridgehead atoms. The number of amides is 1. The molecule has 5 nitrogen and oxygen atoms in total. The Morgan fingerprint density at radius 2 is 1.95 bits per heavy atom. The highest BCUT2D eigenvalue weighted by Gasteiger charge is 2.13. The normalized spacial score (nSPS) is 11.0. The molecule has 116 valence electrons. The Bertz CT molecular complexity index is 699. The third kappa shape index (κ3) is 3.69. The molecule has 1 amide bonds. The van der Waals surface area contributed by atoms with Gasteiger partial charge in [0.15, 0.2) is 11.6 Å². The number of aryl methyl sites for hydroxylation is 1. The van der Waals surface area contributed by atoms with Crippen molar-refractivity contribution in [3.05, 3.63) is 47.8 Å². The lowest BCUT2D eigenvalue weighted by Gasteiger charge is -2.15. The summed E-state index contributed by atoms with van der Waals surface area (Å²) in [5, 5.41) is 6.37. The number of nitrogens with zero attached hydrogens (tertiary/aromatic N) is 3. The molecule has 0 unspecified atom stereocenters. The number of aromatic nitrogens is 2. The third-order valence-corrected chi connectivity index (χ3v) is 2.88. The number of carbonyl (C=O) groups is 1. The van der Waals surface area contributed by atoms with E-state index in [2.05, 4.69) is 10.4 Å². The highest BCUT2D eigenvalue weighted by molar-refractivity contribution is 6.02. The molecule has 2 rings (SSSR count). The van der Waals surface area contributed by atoms with E-state index in [1.165, 1.54) is 25.1 Å². The summed E-state index contributed by atoms with van der Waals surface area (Å²) < 4.78 is 29.2. The van der Waals surface area contributed by atoms with Crippen LogP contribution in [0, 0.1) is 11.6 Å². The first-order chi connectivity index (χ1) is 10.4. The van der Waals surface area contributed by atoms with Crippen LogP contribution in [0.5, 0.6) is 0 Å². The van der Waals surface area contributed by atoms with E-state index in [9.17, 15) is 13.6 Å². The quantitative estimate of drug-likeness (QED) is 0.883. The summed E-state index contributed by atoms with van der Waals surface area (Å²) in [6, 6.07) is 2.16. The Kier molecular flexibility index (Phi) is 4.55. The van der Waals surface area contributed by atoms with Crippen molar-refractivity contribution in [2.24, 2.45) is 7.05 Å². The number of halogens is 2. The average molecular weight is 306 g/mol. The van der Waals surface area contributed by atoms with Gasteiger partial charge in [0.25, 0.3) is 0 Å². The van der Waals surface area contributed by atoms with Gasteiger partial charge in [-0.05, 0) is 18.2 Å². The van der Waals surface area contributed by atoms with E-state index in [1.54, 1.807) is 30.2 Å². The zero-order chi connectivity index (χ0) is 16.3. The maximum absolute atomic E-state index is 13.8. The number of nitrogens with one attached hydrogen (secondary N) is 1. The second-order valence-electron chi connectivity index (χ2n) is 4.95. The Hall–Kier alpha value is -2.70. The van der Waals surface area contributed by atoms with Crippen LogP contribution in [-0.2, 0) is 11.8 Å². The summed E-state index contributed by atoms with van der Waals surface area (Å²) in [6.45, 7) is 0. The van der Waals surface area contributed by atoms with Crippen molar-refractivity contribution >= 4 is 23.4 Å². The van der Waals surface area contributed by atoms with Gasteiger partial charge in [0.05, 0.1) is 6.20 Å². The standard InChI is InChI=1S/C15H16F2N4O/c1-20(2)15-12(16)6-11(7-13(15)17)19-14(22)5-4-10-8-18-21(3)9-10/h4-9H,1-3H3,(H,19,22). The molecular weight excluding hydrogens is 290 g/mol. The number of benzene rings is 1. The lowest BCUT2D eigenvalue weighted by molar-refractivity contribution is -0.111. The molecule has 1 N–H and O–H groups in total. The van der Waals surface area contributed by atoms with E-state index < -0.39 is 17.5 Å². The highest BCUT2D eigenvalue weighted by atomic mass is 19.1. The molecule has 1 heterocycles. The summed E-state index contributed by atoms with van der Waals surface area (Å²) in [4.78, 5) is 13.1. The van der Waals surface area contributed by atoms with Gasteiger partial charge in [0.1, 0.15) is 5.69 Å². The third-order valence-electron chi connectivity index (χ3n) is 2.88. The molecule has 0 aliphatic heterocycles. The van der Waals surface area contributed by atoms with Gasteiger partial charge >= 0.3 is 0 Å². The first-order valence-corrected chi connectivity index (χ1v) is 6.51. The monoisotopic (exact) mass is 306 g/mol. The summed E-state index contributed by atoms with van der Waals surface area (Å²) >= 11 is 0. The van der Waals surface area contributed by atoms with Crippen molar-refractivity contribution in [2.45, 2.75) is 0 Å². The van der Waals surface area contributed by atoms with Crippen LogP contribution in [0.2, 0.25) is 0 Å². The second kappa shape index (κ2) is 6.38. The van der Waals surface area contributed by atoms with Crippen molar-refractivity contribution in [2.75, 3.05) is 24.3 Å². The molecule has 1 aromatic heterocycles. The molecule has 7 heteroatoms. The lowest BCUT2D eigenvalue weighted by atomic mass is 10.2. The van der Waals surface area contributed by atoms with E-state index in [4.69, 9.17) is 0 Å². The highest BCUT2D eigenvalue weighted by Crippen LogP contribution is 2.25. The van der Waals surface area contributed by atoms with Crippen LogP contribution in [0.3, 0.4) is 0 Å². The summed E-state index contributed by atoms with van der Waals surface area (Å²) in [6.07, 6.45) is 6.15. The van der Waals surface area contributed by atoms with E-state index in [0.717, 1.165) is 17.7 Å². The molecule has 0 radical (unpaired) electrons. The molecule has 0 fully saturated rings. The van der Waals surface area contributed by atoms with E-state index in [1.807, 2.05) is 0 Å². The molecule has 22 heavy (non-hydrogen) atoms. The van der Waals surface area contributed by atoms with Crippen LogP contribution in [0.1, 0.15) is 5.56 Å². The molecular formula is C15H16F2N4O.